The van der Waals surface area contributed by atoms with Crippen LogP contribution in [-0.4, -0.2) is 27.0 Å². The molecule has 2 amide bonds. The second kappa shape index (κ2) is 11.4. The summed E-state index contributed by atoms with van der Waals surface area (Å²) >= 11 is 0. The molecule has 2 N–H and O–H groups in total. The highest BCUT2D eigenvalue weighted by Crippen LogP contribution is 2.11. The van der Waals surface area contributed by atoms with E-state index in [1.807, 2.05) is 45.0 Å². The topological polar surface area (TPSA) is 102 Å². The molecule has 8 heteroatoms. The Bertz CT molecular complexity index is 1270. The molecule has 2 aromatic carbocycles. The Morgan fingerprint density at radius 2 is 1.65 bits per heavy atom. The Morgan fingerprint density at radius 1 is 0.941 bits per heavy atom. The molecule has 0 radical (unpaired) electrons. The number of hydrogen-bond donors (Lipinski definition) is 2. The number of anilines is 1. The maximum absolute atomic E-state index is 13.2. The van der Waals surface area contributed by atoms with Gasteiger partial charge in [-0.2, -0.15) is 0 Å². The summed E-state index contributed by atoms with van der Waals surface area (Å²) in [6.07, 6.45) is 2.05. The molecule has 0 aliphatic carbocycles. The molecule has 0 fully saturated rings. The van der Waals surface area contributed by atoms with Gasteiger partial charge in [-0.25, -0.2) is 4.79 Å². The third kappa shape index (κ3) is 6.21. The first-order valence-electron chi connectivity index (χ1n) is 11.7. The number of para-hydroxylation sites is 1. The fraction of sp³-hybridized carbons (Fsp3) is 0.385. The summed E-state index contributed by atoms with van der Waals surface area (Å²) in [5.41, 5.74) is 1.38. The molecule has 1 heterocycles. The lowest BCUT2D eigenvalue weighted by molar-refractivity contribution is -0.122. The normalized spacial score (nSPS) is 11.9. The van der Waals surface area contributed by atoms with E-state index in [1.165, 1.54) is 4.57 Å². The van der Waals surface area contributed by atoms with Gasteiger partial charge in [-0.3, -0.25) is 23.5 Å². The number of nitrogens with zero attached hydrogens (tertiary/aromatic N) is 2. The van der Waals surface area contributed by atoms with Crippen molar-refractivity contribution in [1.29, 1.82) is 0 Å². The number of aromatic nitrogens is 2. The number of hydrogen-bond acceptors (Lipinski definition) is 4. The average molecular weight is 465 g/mol. The van der Waals surface area contributed by atoms with Crippen LogP contribution in [0.5, 0.6) is 0 Å². The lowest BCUT2D eigenvalue weighted by atomic mass is 10.2. The zero-order valence-corrected chi connectivity index (χ0v) is 20.0. The largest absolute Gasteiger partial charge is 0.352 e. The molecule has 1 unspecified atom stereocenters. The fourth-order valence-corrected chi connectivity index (χ4v) is 3.70. The predicted octanol–water partition coefficient (Wildman–Crippen LogP) is 3.20. The van der Waals surface area contributed by atoms with Crippen LogP contribution >= 0.6 is 0 Å². The highest BCUT2D eigenvalue weighted by atomic mass is 16.2. The number of carbonyl (C=O) groups excluding carboxylic acids is 2. The molecule has 3 rings (SSSR count). The molecule has 3 aromatic rings. The number of benzene rings is 2. The van der Waals surface area contributed by atoms with E-state index >= 15 is 0 Å². The molecule has 0 spiro atoms. The molecule has 8 nitrogen and oxygen atoms in total. The van der Waals surface area contributed by atoms with Crippen LogP contribution in [0.1, 0.15) is 45.1 Å². The smallest absolute Gasteiger partial charge is 0.331 e. The van der Waals surface area contributed by atoms with Crippen LogP contribution in [0.4, 0.5) is 5.69 Å². The van der Waals surface area contributed by atoms with Gasteiger partial charge in [0, 0.05) is 24.7 Å². The van der Waals surface area contributed by atoms with Crippen molar-refractivity contribution < 1.29 is 9.59 Å². The highest BCUT2D eigenvalue weighted by Gasteiger charge is 2.16. The average Bonchev–Trinajstić information content (AvgIpc) is 2.82. The molecular weight excluding hydrogens is 432 g/mol. The molecule has 0 saturated carbocycles. The van der Waals surface area contributed by atoms with Crippen LogP contribution < -0.4 is 21.9 Å². The molecule has 0 saturated heterocycles. The van der Waals surface area contributed by atoms with Gasteiger partial charge in [0.05, 0.1) is 10.9 Å². The Kier molecular flexibility index (Phi) is 8.40. The summed E-state index contributed by atoms with van der Waals surface area (Å²) < 4.78 is 2.51. The third-order valence-electron chi connectivity index (χ3n) is 5.82. The van der Waals surface area contributed by atoms with Gasteiger partial charge in [0.25, 0.3) is 5.56 Å². The van der Waals surface area contributed by atoms with E-state index in [1.54, 1.807) is 24.3 Å². The van der Waals surface area contributed by atoms with Gasteiger partial charge in [-0.05, 0) is 57.4 Å². The Morgan fingerprint density at radius 3 is 2.35 bits per heavy atom. The zero-order chi connectivity index (χ0) is 24.7. The minimum Gasteiger partial charge on any atom is -0.352 e. The number of rotatable bonds is 10. The lowest BCUT2D eigenvalue weighted by Gasteiger charge is -2.16. The molecule has 0 bridgehead atoms. The first-order valence-corrected chi connectivity index (χ1v) is 11.7. The van der Waals surface area contributed by atoms with Crippen molar-refractivity contribution >= 4 is 28.4 Å². The van der Waals surface area contributed by atoms with Crippen molar-refractivity contribution in [3.63, 3.8) is 0 Å². The van der Waals surface area contributed by atoms with Crippen molar-refractivity contribution in [3.05, 3.63) is 74.9 Å². The highest BCUT2D eigenvalue weighted by molar-refractivity contribution is 5.90. The summed E-state index contributed by atoms with van der Waals surface area (Å²) in [5.74, 6) is -0.395. The Labute approximate surface area is 198 Å². The van der Waals surface area contributed by atoms with Crippen molar-refractivity contribution in [3.8, 4) is 0 Å². The van der Waals surface area contributed by atoms with E-state index < -0.39 is 5.69 Å². The first-order chi connectivity index (χ1) is 16.3. The zero-order valence-electron chi connectivity index (χ0n) is 20.0. The molecule has 0 aliphatic heterocycles. The fourth-order valence-electron chi connectivity index (χ4n) is 3.70. The van der Waals surface area contributed by atoms with Crippen molar-refractivity contribution in [2.75, 3.05) is 5.32 Å². The van der Waals surface area contributed by atoms with Gasteiger partial charge in [0.2, 0.25) is 11.8 Å². The Balaban J connectivity index is 1.71. The quantitative estimate of drug-likeness (QED) is 0.450. The molecular formula is C26H32N4O4. The standard InChI is InChI=1S/C26H32N4O4/c1-4-19(3)27-24(32)17-30-22-10-6-5-9-21(22)25(33)29(26(30)34)16-8-7-11-23(31)28-20-14-12-18(2)13-15-20/h5-6,9-10,12-15,19H,4,7-8,11,16-17H2,1-3H3,(H,27,32)(H,28,31). The van der Waals surface area contributed by atoms with Crippen molar-refractivity contribution in [2.45, 2.75) is 65.6 Å². The summed E-state index contributed by atoms with van der Waals surface area (Å²) in [6, 6.07) is 14.3. The number of amides is 2. The van der Waals surface area contributed by atoms with E-state index in [0.29, 0.717) is 23.7 Å². The molecule has 1 atom stereocenters. The van der Waals surface area contributed by atoms with Crippen LogP contribution in [0, 0.1) is 6.92 Å². The van der Waals surface area contributed by atoms with Crippen molar-refractivity contribution in [1.82, 2.24) is 14.5 Å². The van der Waals surface area contributed by atoms with E-state index in [4.69, 9.17) is 0 Å². The van der Waals surface area contributed by atoms with Crippen LogP contribution in [0.2, 0.25) is 0 Å². The number of carbonyl (C=O) groups is 2. The minimum absolute atomic E-state index is 0.00794. The van der Waals surface area contributed by atoms with Crippen molar-refractivity contribution in [2.24, 2.45) is 0 Å². The van der Waals surface area contributed by atoms with Gasteiger partial charge in [-0.1, -0.05) is 36.8 Å². The SMILES string of the molecule is CCC(C)NC(=O)Cn1c(=O)n(CCCCC(=O)Nc2ccc(C)cc2)c(=O)c2ccccc21. The van der Waals surface area contributed by atoms with E-state index in [0.717, 1.165) is 22.2 Å². The summed E-state index contributed by atoms with van der Waals surface area (Å²) in [7, 11) is 0. The number of fused-ring (bicyclic) bond motifs is 1. The van der Waals surface area contributed by atoms with E-state index in [9.17, 15) is 19.2 Å². The summed E-state index contributed by atoms with van der Waals surface area (Å²) in [6.45, 7) is 5.85. The molecule has 34 heavy (non-hydrogen) atoms. The second-order valence-electron chi connectivity index (χ2n) is 8.59. The van der Waals surface area contributed by atoms with Gasteiger partial charge in [-0.15, -0.1) is 0 Å². The van der Waals surface area contributed by atoms with Gasteiger partial charge in [0.1, 0.15) is 6.54 Å². The van der Waals surface area contributed by atoms with E-state index in [2.05, 4.69) is 10.6 Å². The van der Waals surface area contributed by atoms with Crippen LogP contribution in [-0.2, 0) is 22.7 Å². The third-order valence-corrected chi connectivity index (χ3v) is 5.82. The van der Waals surface area contributed by atoms with Gasteiger partial charge in [0.15, 0.2) is 0 Å². The Hall–Kier alpha value is -3.68. The molecule has 180 valence electrons. The van der Waals surface area contributed by atoms with Gasteiger partial charge < -0.3 is 10.6 Å². The number of nitrogens with one attached hydrogen (secondary N) is 2. The van der Waals surface area contributed by atoms with Crippen LogP contribution in [0.15, 0.2) is 58.1 Å². The van der Waals surface area contributed by atoms with Gasteiger partial charge >= 0.3 is 5.69 Å². The summed E-state index contributed by atoms with van der Waals surface area (Å²) in [5, 5.41) is 6.09. The minimum atomic E-state index is -0.521. The first kappa shape index (κ1) is 25.0. The molecule has 0 aliphatic rings. The molecule has 1 aromatic heterocycles. The van der Waals surface area contributed by atoms with Crippen LogP contribution in [0.3, 0.4) is 0 Å². The predicted molar refractivity (Wildman–Crippen MR) is 134 cm³/mol. The van der Waals surface area contributed by atoms with E-state index in [-0.39, 0.29) is 42.9 Å². The lowest BCUT2D eigenvalue weighted by Crippen LogP contribution is -2.43. The van der Waals surface area contributed by atoms with Crippen LogP contribution in [0.25, 0.3) is 10.9 Å². The maximum atomic E-state index is 13.2. The second-order valence-corrected chi connectivity index (χ2v) is 8.59. The number of aryl methyl sites for hydroxylation is 1. The monoisotopic (exact) mass is 464 g/mol. The summed E-state index contributed by atoms with van der Waals surface area (Å²) in [4.78, 5) is 50.8. The number of unbranched alkanes of at least 4 members (excludes halogenated alkanes) is 1. The maximum Gasteiger partial charge on any atom is 0.331 e.